The molecule has 0 heterocycles. The fourth-order valence-electron chi connectivity index (χ4n) is 3.14. The maximum Gasteiger partial charge on any atom is 0.0596 e. The zero-order valence-electron chi connectivity index (χ0n) is 12.8. The number of nitrogens with one attached hydrogen (secondary N) is 1. The maximum atomic E-state index is 3.75. The van der Waals surface area contributed by atoms with E-state index < -0.39 is 0 Å². The van der Waals surface area contributed by atoms with Crippen molar-refractivity contribution in [1.82, 2.24) is 0 Å². The third-order valence-electron chi connectivity index (χ3n) is 4.46. The van der Waals surface area contributed by atoms with Gasteiger partial charge in [0.1, 0.15) is 0 Å². The lowest BCUT2D eigenvalue weighted by Gasteiger charge is -2.32. The molecule has 1 aromatic carbocycles. The smallest absolute Gasteiger partial charge is 0.0596 e. The number of nitrogens with zero attached hydrogens (tertiary/aromatic N) is 1. The standard InChI is InChI=1S/C17H28N2/c1-13(2)14-9-11-15(12-10-14)18-16-7-5-6-8-17(16)19(3)4/h5-8,13-15,18H,9-12H2,1-4H3. The molecule has 1 N–H and O–H groups in total. The predicted molar refractivity (Wildman–Crippen MR) is 85.0 cm³/mol. The summed E-state index contributed by atoms with van der Waals surface area (Å²) in [5.74, 6) is 1.78. The molecule has 0 radical (unpaired) electrons. The summed E-state index contributed by atoms with van der Waals surface area (Å²) < 4.78 is 0. The van der Waals surface area contributed by atoms with Gasteiger partial charge in [-0.25, -0.2) is 0 Å². The molecule has 1 saturated carbocycles. The molecular weight excluding hydrogens is 232 g/mol. The number of hydrogen-bond acceptors (Lipinski definition) is 2. The van der Waals surface area contributed by atoms with Gasteiger partial charge < -0.3 is 10.2 Å². The topological polar surface area (TPSA) is 15.3 Å². The third kappa shape index (κ3) is 3.65. The van der Waals surface area contributed by atoms with Crippen molar-refractivity contribution in [3.05, 3.63) is 24.3 Å². The molecule has 1 aliphatic rings. The van der Waals surface area contributed by atoms with Gasteiger partial charge in [-0.3, -0.25) is 0 Å². The monoisotopic (exact) mass is 260 g/mol. The first-order valence-corrected chi connectivity index (χ1v) is 7.61. The maximum absolute atomic E-state index is 3.75. The molecule has 1 aliphatic carbocycles. The lowest BCUT2D eigenvalue weighted by Crippen LogP contribution is -2.28. The van der Waals surface area contributed by atoms with Crippen molar-refractivity contribution >= 4 is 11.4 Å². The van der Waals surface area contributed by atoms with Crippen molar-refractivity contribution in [1.29, 1.82) is 0 Å². The minimum absolute atomic E-state index is 0.649. The van der Waals surface area contributed by atoms with Crippen LogP contribution in [-0.4, -0.2) is 20.1 Å². The molecule has 0 atom stereocenters. The average Bonchev–Trinajstić information content (AvgIpc) is 2.39. The number of para-hydroxylation sites is 2. The van der Waals surface area contributed by atoms with Crippen LogP contribution in [0, 0.1) is 11.8 Å². The van der Waals surface area contributed by atoms with E-state index in [-0.39, 0.29) is 0 Å². The molecule has 0 unspecified atom stereocenters. The van der Waals surface area contributed by atoms with E-state index in [1.165, 1.54) is 37.1 Å². The van der Waals surface area contributed by atoms with E-state index in [1.54, 1.807) is 0 Å². The first-order chi connectivity index (χ1) is 9.08. The molecular formula is C17H28N2. The molecule has 1 aromatic rings. The molecule has 2 nitrogen and oxygen atoms in total. The minimum Gasteiger partial charge on any atom is -0.381 e. The van der Waals surface area contributed by atoms with Crippen LogP contribution >= 0.6 is 0 Å². The first-order valence-electron chi connectivity index (χ1n) is 7.61. The van der Waals surface area contributed by atoms with Gasteiger partial charge in [0.25, 0.3) is 0 Å². The molecule has 19 heavy (non-hydrogen) atoms. The van der Waals surface area contributed by atoms with Crippen LogP contribution in [0.3, 0.4) is 0 Å². The Hall–Kier alpha value is -1.18. The molecule has 0 aliphatic heterocycles. The van der Waals surface area contributed by atoms with Gasteiger partial charge in [0.05, 0.1) is 11.4 Å². The Labute approximate surface area is 118 Å². The van der Waals surface area contributed by atoms with Crippen LogP contribution in [0.5, 0.6) is 0 Å². The van der Waals surface area contributed by atoms with Crippen molar-refractivity contribution in [2.24, 2.45) is 11.8 Å². The fraction of sp³-hybridized carbons (Fsp3) is 0.647. The Morgan fingerprint density at radius 1 is 1.05 bits per heavy atom. The number of anilines is 2. The Kier molecular flexibility index (Phi) is 4.73. The van der Waals surface area contributed by atoms with Crippen LogP contribution in [0.1, 0.15) is 39.5 Å². The summed E-state index contributed by atoms with van der Waals surface area (Å²) in [6, 6.07) is 9.26. The molecule has 0 spiro atoms. The highest BCUT2D eigenvalue weighted by Crippen LogP contribution is 2.33. The summed E-state index contributed by atoms with van der Waals surface area (Å²) in [6.07, 6.45) is 5.37. The van der Waals surface area contributed by atoms with Crippen LogP contribution in [0.4, 0.5) is 11.4 Å². The summed E-state index contributed by atoms with van der Waals surface area (Å²) in [4.78, 5) is 2.18. The molecule has 0 aromatic heterocycles. The van der Waals surface area contributed by atoms with Gasteiger partial charge in [0.15, 0.2) is 0 Å². The van der Waals surface area contributed by atoms with Gasteiger partial charge in [-0.2, -0.15) is 0 Å². The molecule has 0 bridgehead atoms. The van der Waals surface area contributed by atoms with Crippen LogP contribution in [0.2, 0.25) is 0 Å². The highest BCUT2D eigenvalue weighted by Gasteiger charge is 2.23. The van der Waals surface area contributed by atoms with E-state index in [1.807, 2.05) is 0 Å². The van der Waals surface area contributed by atoms with E-state index >= 15 is 0 Å². The number of benzene rings is 1. The summed E-state index contributed by atoms with van der Waals surface area (Å²) >= 11 is 0. The van der Waals surface area contributed by atoms with Gasteiger partial charge in [0, 0.05) is 20.1 Å². The first kappa shape index (κ1) is 14.2. The van der Waals surface area contributed by atoms with Crippen molar-refractivity contribution in [3.63, 3.8) is 0 Å². The predicted octanol–water partition coefficient (Wildman–Crippen LogP) is 4.38. The van der Waals surface area contributed by atoms with Gasteiger partial charge >= 0.3 is 0 Å². The van der Waals surface area contributed by atoms with E-state index in [9.17, 15) is 0 Å². The summed E-state index contributed by atoms with van der Waals surface area (Å²) in [5.41, 5.74) is 2.56. The Morgan fingerprint density at radius 3 is 2.26 bits per heavy atom. The zero-order valence-corrected chi connectivity index (χ0v) is 12.8. The minimum atomic E-state index is 0.649. The lowest BCUT2D eigenvalue weighted by atomic mass is 9.79. The highest BCUT2D eigenvalue weighted by molar-refractivity contribution is 5.69. The largest absolute Gasteiger partial charge is 0.381 e. The Balaban J connectivity index is 1.96. The van der Waals surface area contributed by atoms with E-state index in [4.69, 9.17) is 0 Å². The number of rotatable bonds is 4. The van der Waals surface area contributed by atoms with Crippen LogP contribution < -0.4 is 10.2 Å². The zero-order chi connectivity index (χ0) is 13.8. The summed E-state index contributed by atoms with van der Waals surface area (Å²) in [7, 11) is 4.21. The third-order valence-corrected chi connectivity index (χ3v) is 4.46. The van der Waals surface area contributed by atoms with Crippen LogP contribution in [0.15, 0.2) is 24.3 Å². The number of hydrogen-bond donors (Lipinski definition) is 1. The van der Waals surface area contributed by atoms with E-state index in [2.05, 4.69) is 62.4 Å². The summed E-state index contributed by atoms with van der Waals surface area (Å²) in [5, 5.41) is 3.75. The Morgan fingerprint density at radius 2 is 1.68 bits per heavy atom. The molecule has 1 fully saturated rings. The second-order valence-corrected chi connectivity index (χ2v) is 6.41. The van der Waals surface area contributed by atoms with Crippen molar-refractivity contribution in [2.75, 3.05) is 24.3 Å². The quantitative estimate of drug-likeness (QED) is 0.864. The fourth-order valence-corrected chi connectivity index (χ4v) is 3.14. The van der Waals surface area contributed by atoms with Crippen LogP contribution in [-0.2, 0) is 0 Å². The molecule has 2 heteroatoms. The normalized spacial score (nSPS) is 23.4. The van der Waals surface area contributed by atoms with E-state index in [0.717, 1.165) is 11.8 Å². The van der Waals surface area contributed by atoms with Gasteiger partial charge in [-0.05, 0) is 49.7 Å². The molecule has 2 rings (SSSR count). The van der Waals surface area contributed by atoms with Crippen molar-refractivity contribution in [2.45, 2.75) is 45.6 Å². The molecule has 0 amide bonds. The van der Waals surface area contributed by atoms with Crippen molar-refractivity contribution in [3.8, 4) is 0 Å². The second-order valence-electron chi connectivity index (χ2n) is 6.41. The molecule has 106 valence electrons. The Bertz CT molecular complexity index is 390. The SMILES string of the molecule is CC(C)C1CCC(Nc2ccccc2N(C)C)CC1. The second kappa shape index (κ2) is 6.31. The average molecular weight is 260 g/mol. The van der Waals surface area contributed by atoms with Gasteiger partial charge in [-0.1, -0.05) is 26.0 Å². The lowest BCUT2D eigenvalue weighted by molar-refractivity contribution is 0.267. The van der Waals surface area contributed by atoms with Gasteiger partial charge in [-0.15, -0.1) is 0 Å². The van der Waals surface area contributed by atoms with Gasteiger partial charge in [0.2, 0.25) is 0 Å². The van der Waals surface area contributed by atoms with Crippen molar-refractivity contribution < 1.29 is 0 Å². The summed E-state index contributed by atoms with van der Waals surface area (Å²) in [6.45, 7) is 4.72. The van der Waals surface area contributed by atoms with E-state index in [0.29, 0.717) is 6.04 Å². The van der Waals surface area contributed by atoms with Crippen LogP contribution in [0.25, 0.3) is 0 Å². The highest BCUT2D eigenvalue weighted by atomic mass is 15.1. The molecule has 0 saturated heterocycles.